The zero-order valence-corrected chi connectivity index (χ0v) is 15.3. The number of furan rings is 1. The summed E-state index contributed by atoms with van der Waals surface area (Å²) in [6, 6.07) is 11.8. The highest BCUT2D eigenvalue weighted by Gasteiger charge is 2.19. The highest BCUT2D eigenvalue weighted by Crippen LogP contribution is 2.22. The molecule has 0 saturated carbocycles. The molecule has 4 aromatic rings. The summed E-state index contributed by atoms with van der Waals surface area (Å²) in [5.74, 6) is 1.54. The van der Waals surface area contributed by atoms with Crippen molar-refractivity contribution in [2.45, 2.75) is 19.5 Å². The molecule has 0 saturated heterocycles. The third kappa shape index (κ3) is 3.42. The Balaban J connectivity index is 1.28. The molecular weight excluding hydrogens is 350 g/mol. The van der Waals surface area contributed by atoms with Crippen molar-refractivity contribution in [1.29, 1.82) is 0 Å². The minimum atomic E-state index is 0.748. The minimum absolute atomic E-state index is 0.748. The topological polar surface area (TPSA) is 67.9 Å². The Morgan fingerprint density at radius 3 is 2.79 bits per heavy atom. The number of rotatable bonds is 4. The first kappa shape index (κ1) is 16.8. The molecule has 5 rings (SSSR count). The molecule has 6 nitrogen and oxygen atoms in total. The van der Waals surface area contributed by atoms with E-state index in [4.69, 9.17) is 9.40 Å². The van der Waals surface area contributed by atoms with Crippen LogP contribution in [0.25, 0.3) is 22.8 Å². The summed E-state index contributed by atoms with van der Waals surface area (Å²) in [6.07, 6.45) is 10.0. The first-order valence-corrected chi connectivity index (χ1v) is 9.31. The van der Waals surface area contributed by atoms with Gasteiger partial charge in [0.1, 0.15) is 5.69 Å². The van der Waals surface area contributed by atoms with Crippen LogP contribution in [-0.4, -0.2) is 31.4 Å². The summed E-state index contributed by atoms with van der Waals surface area (Å²) in [7, 11) is 0. The molecule has 1 aliphatic rings. The fourth-order valence-electron chi connectivity index (χ4n) is 3.49. The van der Waals surface area contributed by atoms with E-state index in [9.17, 15) is 0 Å². The summed E-state index contributed by atoms with van der Waals surface area (Å²) in [4.78, 5) is 20.4. The maximum Gasteiger partial charge on any atom is 0.160 e. The van der Waals surface area contributed by atoms with Crippen molar-refractivity contribution in [2.24, 2.45) is 0 Å². The summed E-state index contributed by atoms with van der Waals surface area (Å²) < 4.78 is 5.40. The smallest absolute Gasteiger partial charge is 0.160 e. The lowest BCUT2D eigenvalue weighted by Crippen LogP contribution is -2.31. The number of pyridine rings is 2. The molecule has 1 aliphatic heterocycles. The fourth-order valence-corrected chi connectivity index (χ4v) is 3.49. The van der Waals surface area contributed by atoms with E-state index >= 15 is 0 Å². The first-order valence-electron chi connectivity index (χ1n) is 9.31. The molecule has 4 aromatic heterocycles. The number of hydrogen-bond donors (Lipinski definition) is 0. The van der Waals surface area contributed by atoms with Gasteiger partial charge in [0, 0.05) is 62.0 Å². The van der Waals surface area contributed by atoms with Crippen molar-refractivity contribution in [2.75, 3.05) is 6.54 Å². The van der Waals surface area contributed by atoms with E-state index in [-0.39, 0.29) is 0 Å². The predicted molar refractivity (Wildman–Crippen MR) is 105 cm³/mol. The zero-order valence-electron chi connectivity index (χ0n) is 15.3. The van der Waals surface area contributed by atoms with Crippen LogP contribution in [0.15, 0.2) is 71.9 Å². The van der Waals surface area contributed by atoms with Gasteiger partial charge in [0.25, 0.3) is 0 Å². The van der Waals surface area contributed by atoms with Crippen LogP contribution in [0.5, 0.6) is 0 Å². The Morgan fingerprint density at radius 2 is 2.00 bits per heavy atom. The normalized spacial score (nSPS) is 14.0. The third-order valence-electron chi connectivity index (χ3n) is 4.94. The van der Waals surface area contributed by atoms with Gasteiger partial charge in [0.15, 0.2) is 11.6 Å². The Kier molecular flexibility index (Phi) is 4.39. The van der Waals surface area contributed by atoms with Crippen molar-refractivity contribution in [3.8, 4) is 22.8 Å². The molecule has 0 aromatic carbocycles. The lowest BCUT2D eigenvalue weighted by molar-refractivity contribution is 0.242. The van der Waals surface area contributed by atoms with Gasteiger partial charge in [0.05, 0.1) is 12.0 Å². The van der Waals surface area contributed by atoms with Crippen LogP contribution in [0, 0.1) is 0 Å². The van der Waals surface area contributed by atoms with Crippen LogP contribution in [0.4, 0.5) is 0 Å². The minimum Gasteiger partial charge on any atom is -0.463 e. The fraction of sp³-hybridized carbons (Fsp3) is 0.182. The zero-order chi connectivity index (χ0) is 18.8. The molecular formula is C22H19N5O. The average molecular weight is 369 g/mol. The van der Waals surface area contributed by atoms with Crippen molar-refractivity contribution >= 4 is 0 Å². The Morgan fingerprint density at radius 1 is 1.00 bits per heavy atom. The van der Waals surface area contributed by atoms with Crippen LogP contribution >= 0.6 is 0 Å². The van der Waals surface area contributed by atoms with E-state index < -0.39 is 0 Å². The van der Waals surface area contributed by atoms with E-state index in [1.807, 2.05) is 42.7 Å². The van der Waals surface area contributed by atoms with E-state index in [0.717, 1.165) is 54.6 Å². The second kappa shape index (κ2) is 7.32. The quantitative estimate of drug-likeness (QED) is 0.546. The van der Waals surface area contributed by atoms with E-state index in [1.54, 1.807) is 18.7 Å². The van der Waals surface area contributed by atoms with Crippen molar-refractivity contribution < 1.29 is 4.42 Å². The number of nitrogens with zero attached hydrogens (tertiary/aromatic N) is 5. The SMILES string of the molecule is c1cncc(-c2ncc3c(n2)CCN(Cc2ccc(-c4ccco4)nc2)C3)c1. The molecule has 0 fully saturated rings. The molecule has 6 heteroatoms. The van der Waals surface area contributed by atoms with E-state index in [0.29, 0.717) is 0 Å². The standard InChI is InChI=1S/C22H19N5O/c1-3-17(12-23-8-1)22-25-13-18-15-27(9-7-19(18)26-22)14-16-5-6-20(24-11-16)21-4-2-10-28-21/h1-6,8,10-13H,7,9,14-15H2. The summed E-state index contributed by atoms with van der Waals surface area (Å²) in [6.45, 7) is 2.67. The summed E-state index contributed by atoms with van der Waals surface area (Å²) >= 11 is 0. The van der Waals surface area contributed by atoms with Crippen LogP contribution in [0.3, 0.4) is 0 Å². The number of fused-ring (bicyclic) bond motifs is 1. The molecule has 0 unspecified atom stereocenters. The van der Waals surface area contributed by atoms with Gasteiger partial charge in [-0.3, -0.25) is 14.9 Å². The predicted octanol–water partition coefficient (Wildman–Crippen LogP) is 3.75. The van der Waals surface area contributed by atoms with Gasteiger partial charge < -0.3 is 4.42 Å². The highest BCUT2D eigenvalue weighted by atomic mass is 16.3. The van der Waals surface area contributed by atoms with Crippen LogP contribution in [-0.2, 0) is 19.5 Å². The average Bonchev–Trinajstić information content (AvgIpc) is 3.29. The van der Waals surface area contributed by atoms with Gasteiger partial charge in [-0.05, 0) is 35.9 Å². The molecule has 28 heavy (non-hydrogen) atoms. The van der Waals surface area contributed by atoms with Gasteiger partial charge in [-0.2, -0.15) is 0 Å². The maximum atomic E-state index is 5.40. The maximum absolute atomic E-state index is 5.40. The Bertz CT molecular complexity index is 1060. The highest BCUT2D eigenvalue weighted by molar-refractivity contribution is 5.53. The number of aromatic nitrogens is 4. The summed E-state index contributed by atoms with van der Waals surface area (Å²) in [5.41, 5.74) is 5.33. The monoisotopic (exact) mass is 369 g/mol. The van der Waals surface area contributed by atoms with Gasteiger partial charge in [-0.1, -0.05) is 6.07 Å². The third-order valence-corrected chi connectivity index (χ3v) is 4.94. The van der Waals surface area contributed by atoms with Crippen LogP contribution in [0.2, 0.25) is 0 Å². The first-order chi connectivity index (χ1) is 13.8. The molecule has 0 spiro atoms. The molecule has 138 valence electrons. The molecule has 0 amide bonds. The van der Waals surface area contributed by atoms with E-state index in [2.05, 4.69) is 25.9 Å². The molecule has 0 radical (unpaired) electrons. The van der Waals surface area contributed by atoms with Crippen LogP contribution < -0.4 is 0 Å². The molecule has 0 N–H and O–H groups in total. The second-order valence-corrected chi connectivity index (χ2v) is 6.90. The molecule has 0 aliphatic carbocycles. The largest absolute Gasteiger partial charge is 0.463 e. The second-order valence-electron chi connectivity index (χ2n) is 6.90. The molecule has 5 heterocycles. The lowest BCUT2D eigenvalue weighted by Gasteiger charge is -2.28. The summed E-state index contributed by atoms with van der Waals surface area (Å²) in [5, 5.41) is 0. The molecule has 0 bridgehead atoms. The van der Waals surface area contributed by atoms with Crippen molar-refractivity contribution in [3.63, 3.8) is 0 Å². The van der Waals surface area contributed by atoms with Gasteiger partial charge >= 0.3 is 0 Å². The Hall–Kier alpha value is -3.38. The number of hydrogen-bond acceptors (Lipinski definition) is 6. The van der Waals surface area contributed by atoms with Crippen LogP contribution in [0.1, 0.15) is 16.8 Å². The Labute approximate surface area is 162 Å². The van der Waals surface area contributed by atoms with Crippen molar-refractivity contribution in [1.82, 2.24) is 24.8 Å². The lowest BCUT2D eigenvalue weighted by atomic mass is 10.1. The van der Waals surface area contributed by atoms with Gasteiger partial charge in [0.2, 0.25) is 0 Å². The molecule has 0 atom stereocenters. The van der Waals surface area contributed by atoms with E-state index in [1.165, 1.54) is 11.1 Å². The van der Waals surface area contributed by atoms with Gasteiger partial charge in [-0.25, -0.2) is 9.97 Å². The van der Waals surface area contributed by atoms with Crippen molar-refractivity contribution in [3.05, 3.63) is 84.3 Å². The van der Waals surface area contributed by atoms with Gasteiger partial charge in [-0.15, -0.1) is 0 Å².